The average molecular weight is 250 g/mol. The summed E-state index contributed by atoms with van der Waals surface area (Å²) in [5.74, 6) is 0. The largest absolute Gasteiger partial charge is 0.103 e. The summed E-state index contributed by atoms with van der Waals surface area (Å²) in [5, 5.41) is 0. The van der Waals surface area contributed by atoms with Crippen LogP contribution in [0.1, 0.15) is 58.3 Å². The fraction of sp³-hybridized carbons (Fsp3) is 0.474. The average Bonchev–Trinajstić information content (AvgIpc) is 2.47. The minimum absolute atomic E-state index is 1.05. The lowest BCUT2D eigenvalue weighted by Crippen LogP contribution is -1.97. The van der Waals surface area contributed by atoms with Gasteiger partial charge in [0.05, 0.1) is 0 Å². The molecular formula is C19H22. The predicted molar refractivity (Wildman–Crippen MR) is 80.9 cm³/mol. The second-order valence-electron chi connectivity index (χ2n) is 5.24. The first-order valence-electron chi connectivity index (χ1n) is 7.39. The van der Waals surface area contributed by atoms with E-state index < -0.39 is 0 Å². The van der Waals surface area contributed by atoms with E-state index in [1.807, 2.05) is 6.08 Å². The quantitative estimate of drug-likeness (QED) is 0.428. The summed E-state index contributed by atoms with van der Waals surface area (Å²) < 4.78 is 0. The Balaban J connectivity index is 2.20. The van der Waals surface area contributed by atoms with Gasteiger partial charge in [-0.25, -0.2) is 0 Å². The molecule has 0 bridgehead atoms. The lowest BCUT2D eigenvalue weighted by Gasteiger charge is -2.13. The third-order valence-electron chi connectivity index (χ3n) is 3.70. The molecule has 2 rings (SSSR count). The lowest BCUT2D eigenvalue weighted by molar-refractivity contribution is 0.790. The van der Waals surface area contributed by atoms with E-state index in [2.05, 4.69) is 36.4 Å². The fourth-order valence-electron chi connectivity index (χ4n) is 2.54. The van der Waals surface area contributed by atoms with E-state index in [1.54, 1.807) is 0 Å². The molecule has 98 valence electrons. The monoisotopic (exact) mass is 250 g/mol. The molecule has 0 fully saturated rings. The van der Waals surface area contributed by atoms with E-state index in [1.165, 1.54) is 35.1 Å². The van der Waals surface area contributed by atoms with E-state index >= 15 is 0 Å². The molecule has 19 heavy (non-hydrogen) atoms. The van der Waals surface area contributed by atoms with Gasteiger partial charge >= 0.3 is 0 Å². The van der Waals surface area contributed by atoms with Crippen LogP contribution in [-0.4, -0.2) is 0 Å². The van der Waals surface area contributed by atoms with Gasteiger partial charge in [-0.1, -0.05) is 42.3 Å². The van der Waals surface area contributed by atoms with Crippen molar-refractivity contribution in [3.63, 3.8) is 0 Å². The van der Waals surface area contributed by atoms with Gasteiger partial charge < -0.3 is 0 Å². The first-order valence-corrected chi connectivity index (χ1v) is 7.39. The zero-order valence-electron chi connectivity index (χ0n) is 11.9. The second-order valence-corrected chi connectivity index (χ2v) is 5.24. The van der Waals surface area contributed by atoms with Crippen LogP contribution in [0.5, 0.6) is 0 Å². The first-order chi connectivity index (χ1) is 9.33. The van der Waals surface area contributed by atoms with Gasteiger partial charge in [-0.05, 0) is 56.1 Å². The SMILES string of the molecule is C=CCCC1=C=C=C(C2=C=C=C(CCC)CC2)CC1. The molecule has 0 saturated carbocycles. The highest BCUT2D eigenvalue weighted by Crippen LogP contribution is 2.28. The molecule has 0 heterocycles. The van der Waals surface area contributed by atoms with Crippen molar-refractivity contribution in [3.8, 4) is 0 Å². The smallest absolute Gasteiger partial charge is 0.0143 e. The molecule has 0 heteroatoms. The zero-order chi connectivity index (χ0) is 13.5. The minimum Gasteiger partial charge on any atom is -0.103 e. The Bertz CT molecular complexity index is 557. The van der Waals surface area contributed by atoms with Crippen LogP contribution in [0, 0.1) is 0 Å². The van der Waals surface area contributed by atoms with Gasteiger partial charge in [0.1, 0.15) is 0 Å². The molecule has 0 aromatic heterocycles. The van der Waals surface area contributed by atoms with E-state index in [0.29, 0.717) is 0 Å². The van der Waals surface area contributed by atoms with E-state index in [-0.39, 0.29) is 0 Å². The number of hydrogen-bond donors (Lipinski definition) is 0. The Morgan fingerprint density at radius 3 is 1.89 bits per heavy atom. The summed E-state index contributed by atoms with van der Waals surface area (Å²) in [6.45, 7) is 5.98. The molecule has 0 saturated heterocycles. The Kier molecular flexibility index (Phi) is 5.11. The maximum Gasteiger partial charge on any atom is 0.0143 e. The van der Waals surface area contributed by atoms with E-state index in [9.17, 15) is 0 Å². The standard InChI is InChI=1S/C19H22/c1-3-5-7-17-10-14-19(15-11-17)18-12-8-16(6-4-2)9-13-18/h3H,1,4-8,10,12,14H2,2H3. The zero-order valence-corrected chi connectivity index (χ0v) is 11.9. The highest BCUT2D eigenvalue weighted by molar-refractivity contribution is 5.35. The Labute approximate surface area is 116 Å². The van der Waals surface area contributed by atoms with Gasteiger partial charge in [0.15, 0.2) is 0 Å². The van der Waals surface area contributed by atoms with E-state index in [4.69, 9.17) is 0 Å². The van der Waals surface area contributed by atoms with Gasteiger partial charge in [0.25, 0.3) is 0 Å². The summed E-state index contributed by atoms with van der Waals surface area (Å²) in [6, 6.07) is 0. The summed E-state index contributed by atoms with van der Waals surface area (Å²) in [4.78, 5) is 0. The normalized spacial score (nSPS) is 17.5. The van der Waals surface area contributed by atoms with Crippen LogP contribution in [0.25, 0.3) is 0 Å². The third-order valence-corrected chi connectivity index (χ3v) is 3.70. The van der Waals surface area contributed by atoms with Gasteiger partial charge in [-0.3, -0.25) is 0 Å². The van der Waals surface area contributed by atoms with Gasteiger partial charge in [0, 0.05) is 11.1 Å². The molecule has 2 aliphatic carbocycles. The maximum atomic E-state index is 3.76. The molecule has 0 amide bonds. The molecule has 0 unspecified atom stereocenters. The molecular weight excluding hydrogens is 228 g/mol. The summed E-state index contributed by atoms with van der Waals surface area (Å²) in [7, 11) is 0. The molecule has 0 spiro atoms. The molecule has 0 radical (unpaired) electrons. The van der Waals surface area contributed by atoms with Gasteiger partial charge in [-0.15, -0.1) is 6.58 Å². The topological polar surface area (TPSA) is 0 Å². The van der Waals surface area contributed by atoms with Crippen molar-refractivity contribution in [2.75, 3.05) is 0 Å². The van der Waals surface area contributed by atoms with Crippen molar-refractivity contribution < 1.29 is 0 Å². The van der Waals surface area contributed by atoms with Crippen LogP contribution in [0.2, 0.25) is 0 Å². The van der Waals surface area contributed by atoms with Crippen LogP contribution < -0.4 is 0 Å². The van der Waals surface area contributed by atoms with Gasteiger partial charge in [0.2, 0.25) is 0 Å². The highest BCUT2D eigenvalue weighted by atomic mass is 14.1. The van der Waals surface area contributed by atoms with Crippen LogP contribution in [0.4, 0.5) is 0 Å². The predicted octanol–water partition coefficient (Wildman–Crippen LogP) is 5.55. The van der Waals surface area contributed by atoms with Crippen molar-refractivity contribution in [3.05, 3.63) is 57.9 Å². The van der Waals surface area contributed by atoms with Crippen molar-refractivity contribution >= 4 is 0 Å². The maximum absolute atomic E-state index is 3.76. The van der Waals surface area contributed by atoms with Gasteiger partial charge in [-0.2, -0.15) is 0 Å². The molecule has 0 aliphatic heterocycles. The molecule has 0 atom stereocenters. The number of rotatable bonds is 6. The van der Waals surface area contributed by atoms with Crippen LogP contribution >= 0.6 is 0 Å². The van der Waals surface area contributed by atoms with Crippen molar-refractivity contribution in [2.24, 2.45) is 0 Å². The molecule has 0 N–H and O–H groups in total. The van der Waals surface area contributed by atoms with Crippen molar-refractivity contribution in [1.29, 1.82) is 0 Å². The summed E-state index contributed by atoms with van der Waals surface area (Å²) in [5.41, 5.74) is 18.7. The highest BCUT2D eigenvalue weighted by Gasteiger charge is 2.12. The lowest BCUT2D eigenvalue weighted by atomic mass is 9.89. The van der Waals surface area contributed by atoms with Crippen LogP contribution in [0.3, 0.4) is 0 Å². The van der Waals surface area contributed by atoms with Crippen LogP contribution in [-0.2, 0) is 0 Å². The summed E-state index contributed by atoms with van der Waals surface area (Å²) >= 11 is 0. The Hall–Kier alpha value is -1.66. The third kappa shape index (κ3) is 3.90. The molecule has 2 aliphatic rings. The first kappa shape index (κ1) is 13.8. The molecule has 0 aromatic carbocycles. The fourth-order valence-corrected chi connectivity index (χ4v) is 2.54. The molecule has 0 aromatic rings. The van der Waals surface area contributed by atoms with Crippen molar-refractivity contribution in [2.45, 2.75) is 58.3 Å². The van der Waals surface area contributed by atoms with E-state index in [0.717, 1.165) is 38.5 Å². The number of allylic oxidation sites excluding steroid dienone is 5. The van der Waals surface area contributed by atoms with Crippen LogP contribution in [0.15, 0.2) is 57.9 Å². The number of hydrogen-bond acceptors (Lipinski definition) is 0. The molecule has 0 nitrogen and oxygen atoms in total. The summed E-state index contributed by atoms with van der Waals surface area (Å²) in [6.07, 6.45) is 10.9. The Morgan fingerprint density at radius 2 is 1.47 bits per heavy atom. The Morgan fingerprint density at radius 1 is 0.895 bits per heavy atom. The van der Waals surface area contributed by atoms with Crippen molar-refractivity contribution in [1.82, 2.24) is 0 Å². The second kappa shape index (κ2) is 7.06. The minimum atomic E-state index is 1.05.